The molecule has 0 spiro atoms. The highest BCUT2D eigenvalue weighted by atomic mass is 16.6. The van der Waals surface area contributed by atoms with Gasteiger partial charge in [0, 0.05) is 18.6 Å². The molecule has 4 heterocycles. The molecular formula is C22H38N2O4. The Morgan fingerprint density at radius 3 is 1.82 bits per heavy atom. The summed E-state index contributed by atoms with van der Waals surface area (Å²) >= 11 is 0. The molecule has 5 aliphatic rings. The summed E-state index contributed by atoms with van der Waals surface area (Å²) in [7, 11) is 0. The molecule has 1 saturated carbocycles. The fraction of sp³-hybridized carbons (Fsp3) is 1.00. The lowest BCUT2D eigenvalue weighted by molar-refractivity contribution is -0.123. The van der Waals surface area contributed by atoms with Gasteiger partial charge in [-0.2, -0.15) is 0 Å². The second-order valence-electron chi connectivity index (χ2n) is 11.2. The van der Waals surface area contributed by atoms with E-state index in [2.05, 4.69) is 25.7 Å². The van der Waals surface area contributed by atoms with Crippen molar-refractivity contribution < 1.29 is 18.9 Å². The molecule has 160 valence electrons. The second-order valence-corrected chi connectivity index (χ2v) is 11.2. The van der Waals surface area contributed by atoms with Gasteiger partial charge >= 0.3 is 0 Å². The predicted octanol–water partition coefficient (Wildman–Crippen LogP) is 1.80. The van der Waals surface area contributed by atoms with Gasteiger partial charge in [0.2, 0.25) is 0 Å². The first kappa shape index (κ1) is 19.7. The summed E-state index contributed by atoms with van der Waals surface area (Å²) in [6.45, 7) is 13.7. The molecule has 6 nitrogen and oxygen atoms in total. The molecule has 7 unspecified atom stereocenters. The second kappa shape index (κ2) is 6.89. The Balaban J connectivity index is 1.54. The fourth-order valence-electron chi connectivity index (χ4n) is 6.60. The van der Waals surface area contributed by atoms with Gasteiger partial charge in [0.05, 0.1) is 50.8 Å². The molecule has 28 heavy (non-hydrogen) atoms. The zero-order chi connectivity index (χ0) is 19.6. The lowest BCUT2D eigenvalue weighted by Gasteiger charge is -2.62. The first-order chi connectivity index (χ1) is 13.3. The molecule has 4 saturated heterocycles. The number of rotatable bonds is 10. The Morgan fingerprint density at radius 2 is 1.36 bits per heavy atom. The molecule has 6 heteroatoms. The van der Waals surface area contributed by atoms with Crippen LogP contribution in [0.5, 0.6) is 0 Å². The third-order valence-corrected chi connectivity index (χ3v) is 7.79. The van der Waals surface area contributed by atoms with E-state index in [1.807, 2.05) is 0 Å². The van der Waals surface area contributed by atoms with Crippen LogP contribution in [-0.4, -0.2) is 80.9 Å². The Morgan fingerprint density at radius 1 is 0.821 bits per heavy atom. The van der Waals surface area contributed by atoms with Crippen LogP contribution >= 0.6 is 0 Å². The SMILES string of the molecule is CC1(C)CC(C)(CN)C(CC2CO2)C(CC2CO2)(N(CC2CO2)CC2CO2)C1. The van der Waals surface area contributed by atoms with Gasteiger partial charge in [0.15, 0.2) is 0 Å². The van der Waals surface area contributed by atoms with Crippen LogP contribution in [-0.2, 0) is 18.9 Å². The lowest BCUT2D eigenvalue weighted by Crippen LogP contribution is -2.66. The minimum Gasteiger partial charge on any atom is -0.373 e. The molecule has 0 bridgehead atoms. The fourth-order valence-corrected chi connectivity index (χ4v) is 6.60. The number of epoxide rings is 4. The maximum atomic E-state index is 6.50. The van der Waals surface area contributed by atoms with Crippen LogP contribution < -0.4 is 5.73 Å². The van der Waals surface area contributed by atoms with Crippen molar-refractivity contribution in [2.45, 2.75) is 76.4 Å². The lowest BCUT2D eigenvalue weighted by atomic mass is 9.49. The van der Waals surface area contributed by atoms with Crippen LogP contribution in [0.2, 0.25) is 0 Å². The summed E-state index contributed by atoms with van der Waals surface area (Å²) in [5, 5.41) is 0. The van der Waals surface area contributed by atoms with Crippen molar-refractivity contribution in [3.8, 4) is 0 Å². The quantitative estimate of drug-likeness (QED) is 0.569. The molecule has 7 atom stereocenters. The average Bonchev–Trinajstić information content (AvgIpc) is 3.41. The summed E-state index contributed by atoms with van der Waals surface area (Å²) in [6.07, 6.45) is 6.13. The Hall–Kier alpha value is -0.240. The third-order valence-electron chi connectivity index (χ3n) is 7.79. The van der Waals surface area contributed by atoms with Crippen LogP contribution in [0.15, 0.2) is 0 Å². The van der Waals surface area contributed by atoms with Crippen molar-refractivity contribution in [2.24, 2.45) is 22.5 Å². The van der Waals surface area contributed by atoms with E-state index in [4.69, 9.17) is 24.7 Å². The molecular weight excluding hydrogens is 356 g/mol. The monoisotopic (exact) mass is 394 g/mol. The summed E-state index contributed by atoms with van der Waals surface area (Å²) in [6, 6.07) is 0. The van der Waals surface area contributed by atoms with Crippen molar-refractivity contribution in [1.82, 2.24) is 4.90 Å². The largest absolute Gasteiger partial charge is 0.373 e. The van der Waals surface area contributed by atoms with Crippen molar-refractivity contribution >= 4 is 0 Å². The van der Waals surface area contributed by atoms with Crippen molar-refractivity contribution in [3.05, 3.63) is 0 Å². The topological polar surface area (TPSA) is 79.4 Å². The zero-order valence-corrected chi connectivity index (χ0v) is 17.8. The van der Waals surface area contributed by atoms with E-state index < -0.39 is 0 Å². The number of nitrogens with two attached hydrogens (primary N) is 1. The highest BCUT2D eigenvalue weighted by Crippen LogP contribution is 2.60. The van der Waals surface area contributed by atoms with E-state index in [0.29, 0.717) is 30.3 Å². The standard InChI is InChI=1S/C22H38N2O4/c1-20(2)12-21(3,14-23)19(4-15-8-25-15)22(13-20,5-16-9-26-16)24(6-17-10-27-17)7-18-11-28-18/h15-19H,4-14,23H2,1-3H3. The van der Waals surface area contributed by atoms with E-state index in [9.17, 15) is 0 Å². The molecule has 4 aliphatic heterocycles. The van der Waals surface area contributed by atoms with E-state index in [0.717, 1.165) is 58.9 Å². The normalized spacial score (nSPS) is 48.5. The van der Waals surface area contributed by atoms with Crippen LogP contribution in [0.1, 0.15) is 46.5 Å². The van der Waals surface area contributed by atoms with Crippen LogP contribution in [0.25, 0.3) is 0 Å². The molecule has 0 amide bonds. The molecule has 0 aromatic carbocycles. The van der Waals surface area contributed by atoms with Gasteiger partial charge in [-0.05, 0) is 49.0 Å². The first-order valence-electron chi connectivity index (χ1n) is 11.2. The van der Waals surface area contributed by atoms with Crippen molar-refractivity contribution in [3.63, 3.8) is 0 Å². The Labute approximate surface area is 169 Å². The number of nitrogens with zero attached hydrogens (tertiary/aromatic N) is 1. The van der Waals surface area contributed by atoms with E-state index in [-0.39, 0.29) is 16.4 Å². The highest BCUT2D eigenvalue weighted by molar-refractivity contribution is 5.14. The molecule has 0 radical (unpaired) electrons. The Kier molecular flexibility index (Phi) is 4.85. The highest BCUT2D eigenvalue weighted by Gasteiger charge is 2.61. The molecule has 5 rings (SSSR count). The molecule has 0 aromatic heterocycles. The number of hydrogen-bond donors (Lipinski definition) is 1. The van der Waals surface area contributed by atoms with E-state index in [1.54, 1.807) is 0 Å². The van der Waals surface area contributed by atoms with Gasteiger partial charge in [-0.15, -0.1) is 0 Å². The molecule has 5 fully saturated rings. The van der Waals surface area contributed by atoms with Gasteiger partial charge in [0.1, 0.15) is 0 Å². The van der Waals surface area contributed by atoms with Crippen molar-refractivity contribution in [1.29, 1.82) is 0 Å². The summed E-state index contributed by atoms with van der Waals surface area (Å²) in [5.41, 5.74) is 6.92. The summed E-state index contributed by atoms with van der Waals surface area (Å²) < 4.78 is 22.9. The minimum absolute atomic E-state index is 0.0703. The van der Waals surface area contributed by atoms with Gasteiger partial charge in [0.25, 0.3) is 0 Å². The molecule has 0 aromatic rings. The zero-order valence-electron chi connectivity index (χ0n) is 17.8. The Bertz CT molecular complexity index is 571. The van der Waals surface area contributed by atoms with Crippen LogP contribution in [0, 0.1) is 16.7 Å². The number of hydrogen-bond acceptors (Lipinski definition) is 6. The molecule has 2 N–H and O–H groups in total. The van der Waals surface area contributed by atoms with Gasteiger partial charge in [-0.3, -0.25) is 4.90 Å². The molecule has 1 aliphatic carbocycles. The summed E-state index contributed by atoms with van der Waals surface area (Å²) in [5.74, 6) is 0.507. The van der Waals surface area contributed by atoms with Gasteiger partial charge < -0.3 is 24.7 Å². The van der Waals surface area contributed by atoms with Gasteiger partial charge in [-0.1, -0.05) is 20.8 Å². The smallest absolute Gasteiger partial charge is 0.0936 e. The third kappa shape index (κ3) is 4.14. The van der Waals surface area contributed by atoms with E-state index >= 15 is 0 Å². The average molecular weight is 395 g/mol. The maximum Gasteiger partial charge on any atom is 0.0936 e. The van der Waals surface area contributed by atoms with Gasteiger partial charge in [-0.25, -0.2) is 0 Å². The number of ether oxygens (including phenoxy) is 4. The summed E-state index contributed by atoms with van der Waals surface area (Å²) in [4.78, 5) is 2.76. The maximum absolute atomic E-state index is 6.50. The minimum atomic E-state index is 0.0703. The predicted molar refractivity (Wildman–Crippen MR) is 106 cm³/mol. The van der Waals surface area contributed by atoms with Crippen LogP contribution in [0.3, 0.4) is 0 Å². The van der Waals surface area contributed by atoms with E-state index in [1.165, 1.54) is 12.8 Å². The first-order valence-corrected chi connectivity index (χ1v) is 11.2. The van der Waals surface area contributed by atoms with Crippen molar-refractivity contribution in [2.75, 3.05) is 46.1 Å². The van der Waals surface area contributed by atoms with Crippen LogP contribution in [0.4, 0.5) is 0 Å².